The summed E-state index contributed by atoms with van der Waals surface area (Å²) >= 11 is 0. The summed E-state index contributed by atoms with van der Waals surface area (Å²) in [6, 6.07) is 0. The number of ketones is 1. The molecule has 0 amide bonds. The van der Waals surface area contributed by atoms with Crippen molar-refractivity contribution in [2.24, 2.45) is 10.8 Å². The molecule has 1 rings (SSSR count). The van der Waals surface area contributed by atoms with E-state index in [0.29, 0.717) is 12.2 Å². The highest BCUT2D eigenvalue weighted by Gasteiger charge is 2.30. The molecule has 1 heteroatoms. The van der Waals surface area contributed by atoms with Crippen LogP contribution < -0.4 is 0 Å². The van der Waals surface area contributed by atoms with Gasteiger partial charge in [-0.15, -0.1) is 0 Å². The van der Waals surface area contributed by atoms with Crippen molar-refractivity contribution in [2.75, 3.05) is 0 Å². The Morgan fingerprint density at radius 3 is 2.31 bits per heavy atom. The van der Waals surface area contributed by atoms with Crippen LogP contribution in [0.25, 0.3) is 0 Å². The minimum Gasteiger partial charge on any atom is -0.295 e. The molecule has 0 aromatic carbocycles. The first-order chi connectivity index (χ1) is 7.13. The first-order valence-electron chi connectivity index (χ1n) is 6.07. The van der Waals surface area contributed by atoms with Crippen LogP contribution in [0.2, 0.25) is 0 Å². The maximum absolute atomic E-state index is 11.7. The van der Waals surface area contributed by atoms with Gasteiger partial charge in [-0.2, -0.15) is 0 Å². The van der Waals surface area contributed by atoms with Crippen molar-refractivity contribution in [3.05, 3.63) is 23.3 Å². The van der Waals surface area contributed by atoms with Crippen LogP contribution in [0, 0.1) is 10.8 Å². The Labute approximate surface area is 99.6 Å². The number of allylic oxidation sites excluding steroid dienone is 4. The molecule has 1 nitrogen and oxygen atoms in total. The molecule has 0 unspecified atom stereocenters. The van der Waals surface area contributed by atoms with Crippen molar-refractivity contribution in [1.82, 2.24) is 0 Å². The average Bonchev–Trinajstić information content (AvgIpc) is 2.10. The third-order valence-electron chi connectivity index (χ3n) is 3.28. The standard InChI is InChI=1S/C15H24O/c1-11-12(7-9-14(2,3)4)15(5,6)10-8-13(11)16/h7,9H,8,10H2,1-6H3/b9-7+. The lowest BCUT2D eigenvalue weighted by molar-refractivity contribution is -0.116. The van der Waals surface area contributed by atoms with Gasteiger partial charge in [0.15, 0.2) is 5.78 Å². The van der Waals surface area contributed by atoms with E-state index in [1.54, 1.807) is 0 Å². The maximum atomic E-state index is 11.7. The molecular formula is C15H24O. The number of carbonyl (C=O) groups is 1. The van der Waals surface area contributed by atoms with Gasteiger partial charge in [-0.25, -0.2) is 0 Å². The van der Waals surface area contributed by atoms with Crippen molar-refractivity contribution in [1.29, 1.82) is 0 Å². The van der Waals surface area contributed by atoms with E-state index in [1.165, 1.54) is 5.57 Å². The van der Waals surface area contributed by atoms with Crippen molar-refractivity contribution < 1.29 is 4.79 Å². The van der Waals surface area contributed by atoms with Gasteiger partial charge in [-0.1, -0.05) is 46.8 Å². The first-order valence-corrected chi connectivity index (χ1v) is 6.07. The zero-order chi connectivity index (χ0) is 12.6. The molecule has 1 aliphatic carbocycles. The fraction of sp³-hybridized carbons (Fsp3) is 0.667. The van der Waals surface area contributed by atoms with Crippen LogP contribution in [0.15, 0.2) is 23.3 Å². The van der Waals surface area contributed by atoms with Crippen LogP contribution in [0.4, 0.5) is 0 Å². The summed E-state index contributed by atoms with van der Waals surface area (Å²) in [4.78, 5) is 11.7. The largest absolute Gasteiger partial charge is 0.295 e. The molecular weight excluding hydrogens is 196 g/mol. The van der Waals surface area contributed by atoms with Crippen molar-refractivity contribution >= 4 is 5.78 Å². The highest BCUT2D eigenvalue weighted by atomic mass is 16.1. The quantitative estimate of drug-likeness (QED) is 0.644. The number of rotatable bonds is 1. The molecule has 0 spiro atoms. The van der Waals surface area contributed by atoms with E-state index in [9.17, 15) is 4.79 Å². The molecule has 0 saturated heterocycles. The Morgan fingerprint density at radius 1 is 1.25 bits per heavy atom. The maximum Gasteiger partial charge on any atom is 0.158 e. The smallest absolute Gasteiger partial charge is 0.158 e. The average molecular weight is 220 g/mol. The van der Waals surface area contributed by atoms with Gasteiger partial charge in [0.05, 0.1) is 0 Å². The second-order valence-electron chi connectivity index (χ2n) is 6.55. The monoisotopic (exact) mass is 220 g/mol. The van der Waals surface area contributed by atoms with Crippen LogP contribution in [-0.4, -0.2) is 5.78 Å². The zero-order valence-corrected chi connectivity index (χ0v) is 11.5. The lowest BCUT2D eigenvalue weighted by Crippen LogP contribution is -2.24. The van der Waals surface area contributed by atoms with Gasteiger partial charge in [0.1, 0.15) is 0 Å². The SMILES string of the molecule is CC1=C(/C=C/C(C)(C)C)C(C)(C)CCC1=O. The van der Waals surface area contributed by atoms with Crippen molar-refractivity contribution in [3.63, 3.8) is 0 Å². The predicted molar refractivity (Wildman–Crippen MR) is 69.3 cm³/mol. The number of carbonyl (C=O) groups excluding carboxylic acids is 1. The second kappa shape index (κ2) is 4.20. The van der Waals surface area contributed by atoms with Gasteiger partial charge in [0, 0.05) is 6.42 Å². The molecule has 90 valence electrons. The van der Waals surface area contributed by atoms with Crippen LogP contribution in [-0.2, 0) is 4.79 Å². The Morgan fingerprint density at radius 2 is 1.81 bits per heavy atom. The predicted octanol–water partition coefficient (Wildman–Crippen LogP) is 4.29. The Hall–Kier alpha value is -0.850. The molecule has 0 atom stereocenters. The summed E-state index contributed by atoms with van der Waals surface area (Å²) in [5.41, 5.74) is 2.49. The van der Waals surface area contributed by atoms with E-state index in [1.807, 2.05) is 6.92 Å². The summed E-state index contributed by atoms with van der Waals surface area (Å²) in [7, 11) is 0. The third-order valence-corrected chi connectivity index (χ3v) is 3.28. The van der Waals surface area contributed by atoms with Gasteiger partial charge in [0.2, 0.25) is 0 Å². The lowest BCUT2D eigenvalue weighted by Gasteiger charge is -2.32. The summed E-state index contributed by atoms with van der Waals surface area (Å²) in [5, 5.41) is 0. The zero-order valence-electron chi connectivity index (χ0n) is 11.5. The van der Waals surface area contributed by atoms with Crippen molar-refractivity contribution in [2.45, 2.75) is 54.4 Å². The molecule has 0 fully saturated rings. The molecule has 0 bridgehead atoms. The van der Waals surface area contributed by atoms with Gasteiger partial charge in [0.25, 0.3) is 0 Å². The normalized spacial score (nSPS) is 22.0. The fourth-order valence-corrected chi connectivity index (χ4v) is 2.09. The molecule has 0 aliphatic heterocycles. The minimum atomic E-state index is 0.139. The first kappa shape index (κ1) is 13.2. The van der Waals surface area contributed by atoms with E-state index < -0.39 is 0 Å². The number of Topliss-reactive ketones (excluding diaryl/α,β-unsaturated/α-hetero) is 1. The Kier molecular flexibility index (Phi) is 3.47. The second-order valence-corrected chi connectivity index (χ2v) is 6.55. The highest BCUT2D eigenvalue weighted by Crippen LogP contribution is 2.39. The van der Waals surface area contributed by atoms with E-state index in [0.717, 1.165) is 12.0 Å². The molecule has 0 aromatic heterocycles. The summed E-state index contributed by atoms with van der Waals surface area (Å²) < 4.78 is 0. The summed E-state index contributed by atoms with van der Waals surface area (Å²) in [6.07, 6.45) is 6.03. The van der Waals surface area contributed by atoms with Gasteiger partial charge in [-0.05, 0) is 35.3 Å². The lowest BCUT2D eigenvalue weighted by atomic mass is 9.72. The highest BCUT2D eigenvalue weighted by molar-refractivity contribution is 5.97. The van der Waals surface area contributed by atoms with E-state index in [4.69, 9.17) is 0 Å². The molecule has 0 N–H and O–H groups in total. The van der Waals surface area contributed by atoms with Gasteiger partial charge in [-0.3, -0.25) is 4.79 Å². The van der Waals surface area contributed by atoms with Crippen LogP contribution in [0.5, 0.6) is 0 Å². The van der Waals surface area contributed by atoms with E-state index in [2.05, 4.69) is 46.8 Å². The Bertz CT molecular complexity index is 348. The molecule has 0 aromatic rings. The molecule has 0 radical (unpaired) electrons. The topological polar surface area (TPSA) is 17.1 Å². The van der Waals surface area contributed by atoms with Crippen molar-refractivity contribution in [3.8, 4) is 0 Å². The van der Waals surface area contributed by atoms with Gasteiger partial charge >= 0.3 is 0 Å². The van der Waals surface area contributed by atoms with Crippen LogP contribution in [0.1, 0.15) is 54.4 Å². The molecule has 1 aliphatic rings. The Balaban J connectivity index is 3.11. The molecule has 16 heavy (non-hydrogen) atoms. The minimum absolute atomic E-state index is 0.139. The van der Waals surface area contributed by atoms with Crippen LogP contribution in [0.3, 0.4) is 0 Å². The number of hydrogen-bond acceptors (Lipinski definition) is 1. The summed E-state index contributed by atoms with van der Waals surface area (Å²) in [6.45, 7) is 13.0. The van der Waals surface area contributed by atoms with Gasteiger partial charge < -0.3 is 0 Å². The molecule has 0 heterocycles. The third kappa shape index (κ3) is 3.07. The van der Waals surface area contributed by atoms with E-state index >= 15 is 0 Å². The van der Waals surface area contributed by atoms with Crippen LogP contribution >= 0.6 is 0 Å². The summed E-state index contributed by atoms with van der Waals surface area (Å²) in [5.74, 6) is 0.313. The van der Waals surface area contributed by atoms with E-state index in [-0.39, 0.29) is 10.8 Å². The molecule has 0 saturated carbocycles. The fourth-order valence-electron chi connectivity index (χ4n) is 2.09. The number of hydrogen-bond donors (Lipinski definition) is 0.